The fraction of sp³-hybridized carbons (Fsp3) is 0.333. The van der Waals surface area contributed by atoms with Crippen LogP contribution >= 0.6 is 0 Å². The van der Waals surface area contributed by atoms with Crippen LogP contribution < -0.4 is 4.90 Å². The molecule has 1 amide bonds. The molecule has 0 bridgehead atoms. The van der Waals surface area contributed by atoms with Crippen LogP contribution in [0.1, 0.15) is 16.7 Å². The molecule has 0 atom stereocenters. The summed E-state index contributed by atoms with van der Waals surface area (Å²) in [5.74, 6) is -1.52. The van der Waals surface area contributed by atoms with Crippen LogP contribution in [0.3, 0.4) is 0 Å². The largest absolute Gasteiger partial charge is 0.493 e. The topological polar surface area (TPSA) is 82.5 Å². The molecular formula is C18H15F6N5O2. The molecule has 0 aliphatic carbocycles. The molecule has 3 heterocycles. The van der Waals surface area contributed by atoms with Crippen molar-refractivity contribution >= 4 is 17.9 Å². The molecule has 31 heavy (non-hydrogen) atoms. The van der Waals surface area contributed by atoms with Crippen LogP contribution in [0.4, 0.5) is 32.3 Å². The highest BCUT2D eigenvalue weighted by molar-refractivity contribution is 5.92. The van der Waals surface area contributed by atoms with E-state index in [4.69, 9.17) is 0 Å². The molecule has 2 aromatic heterocycles. The summed E-state index contributed by atoms with van der Waals surface area (Å²) in [7, 11) is 0. The minimum absolute atomic E-state index is 0.0183. The van der Waals surface area contributed by atoms with E-state index in [9.17, 15) is 36.2 Å². The van der Waals surface area contributed by atoms with Gasteiger partial charge in [-0.25, -0.2) is 15.0 Å². The highest BCUT2D eigenvalue weighted by Gasteiger charge is 2.35. The first-order valence-electron chi connectivity index (χ1n) is 8.82. The number of aromatic hydroxyl groups is 1. The quantitative estimate of drug-likeness (QED) is 0.576. The van der Waals surface area contributed by atoms with E-state index in [1.165, 1.54) is 4.90 Å². The molecule has 1 aliphatic heterocycles. The van der Waals surface area contributed by atoms with E-state index < -0.39 is 35.3 Å². The number of carbonyl (C=O) groups is 1. The van der Waals surface area contributed by atoms with Crippen LogP contribution in [-0.2, 0) is 17.1 Å². The maximum absolute atomic E-state index is 12.8. The van der Waals surface area contributed by atoms with E-state index >= 15 is 0 Å². The van der Waals surface area contributed by atoms with E-state index in [1.54, 1.807) is 4.90 Å². The smallest absolute Gasteiger partial charge is 0.421 e. The number of amides is 1. The summed E-state index contributed by atoms with van der Waals surface area (Å²) in [6.07, 6.45) is -4.74. The van der Waals surface area contributed by atoms with Gasteiger partial charge in [0.2, 0.25) is 17.7 Å². The average molecular weight is 447 g/mol. The van der Waals surface area contributed by atoms with E-state index in [1.807, 2.05) is 0 Å². The highest BCUT2D eigenvalue weighted by Crippen LogP contribution is 2.35. The fourth-order valence-corrected chi connectivity index (χ4v) is 2.80. The number of aromatic nitrogens is 3. The van der Waals surface area contributed by atoms with Gasteiger partial charge in [-0.3, -0.25) is 4.79 Å². The Morgan fingerprint density at radius 3 is 2.10 bits per heavy atom. The van der Waals surface area contributed by atoms with Gasteiger partial charge in [0.05, 0.1) is 5.56 Å². The summed E-state index contributed by atoms with van der Waals surface area (Å²) in [5, 5.41) is 9.22. The first-order valence-corrected chi connectivity index (χ1v) is 8.82. The molecule has 0 aromatic carbocycles. The first kappa shape index (κ1) is 22.3. The lowest BCUT2D eigenvalue weighted by molar-refractivity contribution is -0.139. The molecule has 2 aromatic rings. The molecule has 1 aliphatic rings. The van der Waals surface area contributed by atoms with Gasteiger partial charge >= 0.3 is 12.4 Å². The second kappa shape index (κ2) is 8.40. The third-order valence-electron chi connectivity index (χ3n) is 4.45. The molecule has 7 nitrogen and oxygen atoms in total. The Morgan fingerprint density at radius 1 is 0.935 bits per heavy atom. The summed E-state index contributed by atoms with van der Waals surface area (Å²) in [6.45, 7) is 0.970. The van der Waals surface area contributed by atoms with E-state index in [0.717, 1.165) is 18.3 Å². The van der Waals surface area contributed by atoms with Gasteiger partial charge in [0.25, 0.3) is 0 Å². The maximum Gasteiger partial charge on any atom is 0.421 e. The van der Waals surface area contributed by atoms with Gasteiger partial charge in [0, 0.05) is 50.8 Å². The van der Waals surface area contributed by atoms with Crippen LogP contribution in [-0.4, -0.2) is 57.0 Å². The van der Waals surface area contributed by atoms with Crippen LogP contribution in [0.15, 0.2) is 30.7 Å². The molecule has 3 rings (SSSR count). The highest BCUT2D eigenvalue weighted by atomic mass is 19.4. The summed E-state index contributed by atoms with van der Waals surface area (Å²) in [5.41, 5.74) is -2.30. The van der Waals surface area contributed by atoms with E-state index in [0.29, 0.717) is 18.5 Å². The Kier molecular flexibility index (Phi) is 6.04. The summed E-state index contributed by atoms with van der Waals surface area (Å²) < 4.78 is 76.2. The molecule has 0 unspecified atom stereocenters. The van der Waals surface area contributed by atoms with Crippen molar-refractivity contribution in [3.63, 3.8) is 0 Å². The Bertz CT molecular complexity index is 967. The maximum atomic E-state index is 12.8. The van der Waals surface area contributed by atoms with Gasteiger partial charge in [0.15, 0.2) is 0 Å². The number of hydrogen-bond donors (Lipinski definition) is 1. The number of hydrogen-bond acceptors (Lipinski definition) is 6. The monoisotopic (exact) mass is 447 g/mol. The molecule has 1 N–H and O–H groups in total. The SMILES string of the molecule is O=C(C=Cc1cnc(O)c(C(F)(F)F)c1)N1CCN(c2ncc(C(F)(F)F)cn2)CC1. The molecule has 1 saturated heterocycles. The first-order chi connectivity index (χ1) is 14.4. The van der Waals surface area contributed by atoms with Crippen molar-refractivity contribution in [2.24, 2.45) is 0 Å². The zero-order valence-corrected chi connectivity index (χ0v) is 15.7. The van der Waals surface area contributed by atoms with Gasteiger partial charge in [-0.1, -0.05) is 0 Å². The Hall–Kier alpha value is -3.38. The third-order valence-corrected chi connectivity index (χ3v) is 4.45. The minimum Gasteiger partial charge on any atom is -0.493 e. The predicted molar refractivity (Wildman–Crippen MR) is 95.8 cm³/mol. The van der Waals surface area contributed by atoms with Crippen molar-refractivity contribution in [2.45, 2.75) is 12.4 Å². The standard InChI is InChI=1S/C18H15F6N5O2/c19-17(20,21)12-9-26-16(27-10-12)29-5-3-28(4-6-29)14(30)2-1-11-7-13(18(22,23)24)15(31)25-8-11/h1-2,7-10H,3-6H2,(H,25,31). The lowest BCUT2D eigenvalue weighted by Gasteiger charge is -2.34. The van der Waals surface area contributed by atoms with Crippen LogP contribution in [0.5, 0.6) is 5.88 Å². The van der Waals surface area contributed by atoms with E-state index in [2.05, 4.69) is 15.0 Å². The number of rotatable bonds is 3. The fourth-order valence-electron chi connectivity index (χ4n) is 2.80. The molecular weight excluding hydrogens is 432 g/mol. The zero-order valence-electron chi connectivity index (χ0n) is 15.7. The number of piperazine rings is 1. The number of pyridine rings is 1. The lowest BCUT2D eigenvalue weighted by Crippen LogP contribution is -2.48. The molecule has 166 valence electrons. The minimum atomic E-state index is -4.79. The lowest BCUT2D eigenvalue weighted by atomic mass is 10.1. The Labute approximate surface area is 171 Å². The molecule has 0 saturated carbocycles. The van der Waals surface area contributed by atoms with Gasteiger partial charge in [-0.2, -0.15) is 26.3 Å². The van der Waals surface area contributed by atoms with Crippen molar-refractivity contribution in [3.05, 3.63) is 47.4 Å². The Morgan fingerprint density at radius 2 is 1.55 bits per heavy atom. The van der Waals surface area contributed by atoms with Crippen LogP contribution in [0, 0.1) is 0 Å². The second-order valence-corrected chi connectivity index (χ2v) is 6.55. The van der Waals surface area contributed by atoms with Crippen LogP contribution in [0.2, 0.25) is 0 Å². The summed E-state index contributed by atoms with van der Waals surface area (Å²) in [4.78, 5) is 26.0. The number of carbonyl (C=O) groups excluding carboxylic acids is 1. The normalized spacial score (nSPS) is 15.5. The average Bonchev–Trinajstić information content (AvgIpc) is 2.71. The number of nitrogens with zero attached hydrogens (tertiary/aromatic N) is 5. The van der Waals surface area contributed by atoms with Crippen molar-refractivity contribution in [1.82, 2.24) is 19.9 Å². The third kappa shape index (κ3) is 5.41. The van der Waals surface area contributed by atoms with Crippen LogP contribution in [0.25, 0.3) is 6.08 Å². The van der Waals surface area contributed by atoms with E-state index in [-0.39, 0.29) is 37.7 Å². The number of halogens is 6. The van der Waals surface area contributed by atoms with Crippen molar-refractivity contribution in [2.75, 3.05) is 31.1 Å². The van der Waals surface area contributed by atoms with Gasteiger partial charge in [-0.15, -0.1) is 0 Å². The summed E-state index contributed by atoms with van der Waals surface area (Å²) >= 11 is 0. The predicted octanol–water partition coefficient (Wildman–Crippen LogP) is 2.98. The van der Waals surface area contributed by atoms with Crippen molar-refractivity contribution < 1.29 is 36.2 Å². The van der Waals surface area contributed by atoms with Gasteiger partial charge in [-0.05, 0) is 17.7 Å². The second-order valence-electron chi connectivity index (χ2n) is 6.55. The van der Waals surface area contributed by atoms with Crippen molar-refractivity contribution in [1.29, 1.82) is 0 Å². The number of alkyl halides is 6. The molecule has 1 fully saturated rings. The van der Waals surface area contributed by atoms with Gasteiger partial charge in [0.1, 0.15) is 5.56 Å². The Balaban J connectivity index is 1.59. The zero-order chi connectivity index (χ0) is 22.8. The molecule has 0 spiro atoms. The summed E-state index contributed by atoms with van der Waals surface area (Å²) in [6, 6.07) is 0.673. The molecule has 0 radical (unpaired) electrons. The number of anilines is 1. The molecule has 13 heteroatoms. The van der Waals surface area contributed by atoms with Crippen molar-refractivity contribution in [3.8, 4) is 5.88 Å². The van der Waals surface area contributed by atoms with Gasteiger partial charge < -0.3 is 14.9 Å².